The molecule has 0 saturated heterocycles. The minimum atomic E-state index is -0.320. The van der Waals surface area contributed by atoms with Crippen molar-refractivity contribution in [1.82, 2.24) is 4.98 Å². The van der Waals surface area contributed by atoms with Crippen molar-refractivity contribution >= 4 is 10.9 Å². The highest BCUT2D eigenvalue weighted by Gasteiger charge is 2.09. The van der Waals surface area contributed by atoms with Crippen LogP contribution in [0, 0.1) is 11.6 Å². The van der Waals surface area contributed by atoms with Gasteiger partial charge in [-0.05, 0) is 30.3 Å². The number of H-pyrrole nitrogens is 1. The smallest absolute Gasteiger partial charge is 0.132 e. The number of benzene rings is 2. The molecule has 3 heteroatoms. The molecule has 0 atom stereocenters. The van der Waals surface area contributed by atoms with Gasteiger partial charge in [-0.3, -0.25) is 0 Å². The van der Waals surface area contributed by atoms with E-state index >= 15 is 0 Å². The fourth-order valence-electron chi connectivity index (χ4n) is 1.94. The van der Waals surface area contributed by atoms with Crippen molar-refractivity contribution in [3.63, 3.8) is 0 Å². The van der Waals surface area contributed by atoms with Crippen LogP contribution in [0.1, 0.15) is 0 Å². The maximum atomic E-state index is 13.6. The van der Waals surface area contributed by atoms with E-state index in [9.17, 15) is 8.78 Å². The van der Waals surface area contributed by atoms with Crippen molar-refractivity contribution in [2.75, 3.05) is 0 Å². The number of aromatic nitrogens is 1. The van der Waals surface area contributed by atoms with Crippen molar-refractivity contribution < 1.29 is 8.78 Å². The summed E-state index contributed by atoms with van der Waals surface area (Å²) in [5.41, 5.74) is 1.70. The van der Waals surface area contributed by atoms with Gasteiger partial charge in [0.2, 0.25) is 0 Å². The summed E-state index contributed by atoms with van der Waals surface area (Å²) < 4.78 is 27.1. The number of halogens is 2. The number of nitrogens with one attached hydrogen (secondary N) is 1. The molecule has 0 saturated carbocycles. The Morgan fingerprint density at radius 3 is 2.35 bits per heavy atom. The highest BCUT2D eigenvalue weighted by Crippen LogP contribution is 2.27. The lowest BCUT2D eigenvalue weighted by atomic mass is 10.1. The monoisotopic (exact) mass is 229 g/mol. The molecule has 0 aliphatic heterocycles. The first-order valence-electron chi connectivity index (χ1n) is 5.28. The van der Waals surface area contributed by atoms with E-state index in [2.05, 4.69) is 4.98 Å². The molecule has 0 bridgehead atoms. The van der Waals surface area contributed by atoms with Gasteiger partial charge in [0, 0.05) is 22.2 Å². The van der Waals surface area contributed by atoms with Gasteiger partial charge in [-0.15, -0.1) is 0 Å². The van der Waals surface area contributed by atoms with E-state index in [-0.39, 0.29) is 11.6 Å². The van der Waals surface area contributed by atoms with Gasteiger partial charge in [-0.2, -0.15) is 0 Å². The van der Waals surface area contributed by atoms with Crippen LogP contribution in [0.3, 0.4) is 0 Å². The third-order valence-corrected chi connectivity index (χ3v) is 2.77. The summed E-state index contributed by atoms with van der Waals surface area (Å²) in [6.07, 6.45) is 0. The van der Waals surface area contributed by atoms with Crippen LogP contribution in [0.5, 0.6) is 0 Å². The fraction of sp³-hybridized carbons (Fsp3) is 0. The minimum absolute atomic E-state index is 0.304. The first kappa shape index (κ1) is 10.0. The first-order chi connectivity index (χ1) is 8.25. The Labute approximate surface area is 96.7 Å². The van der Waals surface area contributed by atoms with Gasteiger partial charge in [-0.1, -0.05) is 18.2 Å². The molecule has 0 unspecified atom stereocenters. The predicted octanol–water partition coefficient (Wildman–Crippen LogP) is 4.11. The second-order valence-corrected chi connectivity index (χ2v) is 3.86. The van der Waals surface area contributed by atoms with Crippen molar-refractivity contribution in [3.05, 3.63) is 60.2 Å². The van der Waals surface area contributed by atoms with Crippen LogP contribution >= 0.6 is 0 Å². The first-order valence-corrected chi connectivity index (χ1v) is 5.28. The van der Waals surface area contributed by atoms with Crippen molar-refractivity contribution in [3.8, 4) is 11.3 Å². The molecule has 0 aliphatic rings. The second-order valence-electron chi connectivity index (χ2n) is 3.86. The highest BCUT2D eigenvalue weighted by molar-refractivity contribution is 5.86. The molecule has 0 spiro atoms. The molecule has 3 rings (SSSR count). The average Bonchev–Trinajstić information content (AvgIpc) is 2.75. The zero-order chi connectivity index (χ0) is 11.8. The summed E-state index contributed by atoms with van der Waals surface area (Å²) in [5, 5.41) is 0.478. The maximum Gasteiger partial charge on any atom is 0.132 e. The second kappa shape index (κ2) is 3.70. The molecule has 2 aromatic carbocycles. The van der Waals surface area contributed by atoms with Crippen molar-refractivity contribution in [2.45, 2.75) is 0 Å². The lowest BCUT2D eigenvalue weighted by molar-refractivity contribution is 0.631. The molecule has 1 N–H and O–H groups in total. The third kappa shape index (κ3) is 1.60. The Kier molecular flexibility index (Phi) is 2.18. The summed E-state index contributed by atoms with van der Waals surface area (Å²) >= 11 is 0. The molecule has 0 fully saturated rings. The van der Waals surface area contributed by atoms with Crippen LogP contribution in [-0.2, 0) is 0 Å². The van der Waals surface area contributed by atoms with Gasteiger partial charge in [0.15, 0.2) is 0 Å². The third-order valence-electron chi connectivity index (χ3n) is 2.77. The van der Waals surface area contributed by atoms with Crippen LogP contribution < -0.4 is 0 Å². The van der Waals surface area contributed by atoms with E-state index < -0.39 is 0 Å². The molecule has 84 valence electrons. The van der Waals surface area contributed by atoms with E-state index in [1.165, 1.54) is 12.1 Å². The Bertz CT molecular complexity index is 686. The van der Waals surface area contributed by atoms with E-state index in [1.54, 1.807) is 36.4 Å². The fourth-order valence-corrected chi connectivity index (χ4v) is 1.94. The topological polar surface area (TPSA) is 15.8 Å². The maximum absolute atomic E-state index is 13.6. The molecule has 1 aromatic heterocycles. The van der Waals surface area contributed by atoms with Gasteiger partial charge in [0.1, 0.15) is 11.6 Å². The molecule has 17 heavy (non-hydrogen) atoms. The summed E-state index contributed by atoms with van der Waals surface area (Å²) in [6, 6.07) is 12.8. The summed E-state index contributed by atoms with van der Waals surface area (Å²) in [4.78, 5) is 3.01. The van der Waals surface area contributed by atoms with E-state index in [4.69, 9.17) is 0 Å². The molecule has 0 amide bonds. The molecular formula is C14H9F2N. The van der Waals surface area contributed by atoms with Crippen molar-refractivity contribution in [1.29, 1.82) is 0 Å². The van der Waals surface area contributed by atoms with Crippen LogP contribution in [0.25, 0.3) is 22.2 Å². The standard InChI is InChI=1S/C14H9F2N/c15-11-5-2-1-4-9(11)14-8-10-12(16)6-3-7-13(10)17-14/h1-8,17H. The number of hydrogen-bond acceptors (Lipinski definition) is 0. The number of aromatic amines is 1. The SMILES string of the molecule is Fc1ccccc1-c1cc2c(F)cccc2[nH]1. The molecular weight excluding hydrogens is 220 g/mol. The minimum Gasteiger partial charge on any atom is -0.354 e. The van der Waals surface area contributed by atoms with E-state index in [1.807, 2.05) is 0 Å². The number of hydrogen-bond donors (Lipinski definition) is 1. The summed E-state index contributed by atoms with van der Waals surface area (Å²) in [5.74, 6) is -0.624. The molecule has 1 heterocycles. The average molecular weight is 229 g/mol. The molecule has 3 aromatic rings. The largest absolute Gasteiger partial charge is 0.354 e. The molecule has 1 nitrogen and oxygen atoms in total. The van der Waals surface area contributed by atoms with Gasteiger partial charge in [0.25, 0.3) is 0 Å². The van der Waals surface area contributed by atoms with Gasteiger partial charge in [-0.25, -0.2) is 8.78 Å². The van der Waals surface area contributed by atoms with Gasteiger partial charge >= 0.3 is 0 Å². The normalized spacial score (nSPS) is 10.9. The number of rotatable bonds is 1. The summed E-state index contributed by atoms with van der Waals surface area (Å²) in [6.45, 7) is 0. The Hall–Kier alpha value is -2.16. The highest BCUT2D eigenvalue weighted by atomic mass is 19.1. The van der Waals surface area contributed by atoms with Gasteiger partial charge < -0.3 is 4.98 Å². The zero-order valence-corrected chi connectivity index (χ0v) is 8.87. The predicted molar refractivity (Wildman–Crippen MR) is 63.7 cm³/mol. The van der Waals surface area contributed by atoms with E-state index in [0.29, 0.717) is 22.2 Å². The molecule has 0 aliphatic carbocycles. The van der Waals surface area contributed by atoms with Crippen LogP contribution in [0.2, 0.25) is 0 Å². The Morgan fingerprint density at radius 2 is 1.59 bits per heavy atom. The van der Waals surface area contributed by atoms with Crippen LogP contribution in [-0.4, -0.2) is 4.98 Å². The van der Waals surface area contributed by atoms with Crippen LogP contribution in [0.15, 0.2) is 48.5 Å². The zero-order valence-electron chi connectivity index (χ0n) is 8.87. The lowest BCUT2D eigenvalue weighted by Gasteiger charge is -1.98. The summed E-state index contributed by atoms with van der Waals surface area (Å²) in [7, 11) is 0. The Balaban J connectivity index is 2.26. The Morgan fingerprint density at radius 1 is 0.824 bits per heavy atom. The van der Waals surface area contributed by atoms with Crippen LogP contribution in [0.4, 0.5) is 8.78 Å². The van der Waals surface area contributed by atoms with Crippen molar-refractivity contribution in [2.24, 2.45) is 0 Å². The van der Waals surface area contributed by atoms with E-state index in [0.717, 1.165) is 0 Å². The lowest BCUT2D eigenvalue weighted by Crippen LogP contribution is -1.82. The quantitative estimate of drug-likeness (QED) is 0.646. The number of fused-ring (bicyclic) bond motifs is 1. The van der Waals surface area contributed by atoms with Gasteiger partial charge in [0.05, 0.1) is 0 Å². The molecule has 0 radical (unpaired) electrons.